The molecule has 0 fully saturated rings. The highest BCUT2D eigenvalue weighted by Gasteiger charge is 2.55. The van der Waals surface area contributed by atoms with Gasteiger partial charge in [0, 0.05) is 11.4 Å². The summed E-state index contributed by atoms with van der Waals surface area (Å²) in [6.07, 6.45) is -6.14. The largest absolute Gasteiger partial charge is 0.497 e. The van der Waals surface area contributed by atoms with Gasteiger partial charge in [-0.05, 0) is 47.2 Å². The molecule has 2 rings (SSSR count). The molecule has 0 aliphatic carbocycles. The van der Waals surface area contributed by atoms with E-state index >= 15 is 0 Å². The molecular formula is C21H21ClF3NO2. The van der Waals surface area contributed by atoms with Crippen molar-refractivity contribution < 1.29 is 23.0 Å². The fourth-order valence-corrected chi connectivity index (χ4v) is 3.46. The lowest BCUT2D eigenvalue weighted by Gasteiger charge is -2.38. The zero-order valence-corrected chi connectivity index (χ0v) is 16.5. The Morgan fingerprint density at radius 3 is 2.18 bits per heavy atom. The monoisotopic (exact) mass is 411 g/mol. The van der Waals surface area contributed by atoms with Gasteiger partial charge in [-0.1, -0.05) is 43.6 Å². The molecule has 0 amide bonds. The number of aliphatic hydroxyl groups is 1. The van der Waals surface area contributed by atoms with Gasteiger partial charge in [0.2, 0.25) is 0 Å². The third-order valence-corrected chi connectivity index (χ3v) is 5.15. The van der Waals surface area contributed by atoms with Crippen molar-refractivity contribution >= 4 is 11.6 Å². The highest BCUT2D eigenvalue weighted by atomic mass is 35.5. The molecule has 0 aliphatic heterocycles. The van der Waals surface area contributed by atoms with Gasteiger partial charge in [-0.2, -0.15) is 18.4 Å². The molecular weight excluding hydrogens is 391 g/mol. The smallest absolute Gasteiger partial charge is 0.417 e. The Morgan fingerprint density at radius 2 is 1.71 bits per heavy atom. The first-order valence-electron chi connectivity index (χ1n) is 8.54. The van der Waals surface area contributed by atoms with E-state index in [2.05, 4.69) is 0 Å². The van der Waals surface area contributed by atoms with E-state index in [1.807, 2.05) is 6.07 Å². The number of hydrogen-bond donors (Lipinski definition) is 1. The van der Waals surface area contributed by atoms with Crippen molar-refractivity contribution in [3.8, 4) is 11.8 Å². The summed E-state index contributed by atoms with van der Waals surface area (Å²) in [7, 11) is 1.50. The maximum atomic E-state index is 13.9. The van der Waals surface area contributed by atoms with Crippen molar-refractivity contribution in [2.24, 2.45) is 0 Å². The molecule has 7 heteroatoms. The second-order valence-corrected chi connectivity index (χ2v) is 7.82. The highest BCUT2D eigenvalue weighted by molar-refractivity contribution is 6.31. The second kappa shape index (κ2) is 8.02. The normalized spacial score (nSPS) is 14.2. The Kier molecular flexibility index (Phi) is 6.32. The van der Waals surface area contributed by atoms with E-state index in [4.69, 9.17) is 21.6 Å². The van der Waals surface area contributed by atoms with Crippen molar-refractivity contribution in [1.29, 1.82) is 5.26 Å². The van der Waals surface area contributed by atoms with E-state index < -0.39 is 30.0 Å². The fourth-order valence-electron chi connectivity index (χ4n) is 3.21. The third-order valence-electron chi connectivity index (χ3n) is 4.80. The van der Waals surface area contributed by atoms with Gasteiger partial charge in [0.25, 0.3) is 0 Å². The predicted octanol–water partition coefficient (Wildman–Crippen LogP) is 5.42. The molecule has 2 aromatic rings. The Morgan fingerprint density at radius 1 is 1.11 bits per heavy atom. The average molecular weight is 412 g/mol. The summed E-state index contributed by atoms with van der Waals surface area (Å²) in [5, 5.41) is 19.6. The number of nitriles is 1. The van der Waals surface area contributed by atoms with Crippen molar-refractivity contribution in [2.75, 3.05) is 7.11 Å². The number of halogens is 4. The van der Waals surface area contributed by atoms with Crippen LogP contribution < -0.4 is 4.74 Å². The first-order valence-corrected chi connectivity index (χ1v) is 8.92. The quantitative estimate of drug-likeness (QED) is 0.690. The van der Waals surface area contributed by atoms with Crippen LogP contribution in [0.3, 0.4) is 0 Å². The lowest BCUT2D eigenvalue weighted by molar-refractivity contribution is -0.266. The number of nitrogens with zero attached hydrogens (tertiary/aromatic N) is 1. The minimum Gasteiger partial charge on any atom is -0.497 e. The standard InChI is InChI=1S/C21H21ClF3NO2/c1-19(2,16-6-8-17(28-3)9-7-16)13-20(27,21(23,24)25)11-15-5-4-14(12-26)10-18(15)22/h4-10,27H,11,13H2,1-3H3. The van der Waals surface area contributed by atoms with Gasteiger partial charge in [0.15, 0.2) is 5.60 Å². The minimum absolute atomic E-state index is 0.0176. The van der Waals surface area contributed by atoms with Crippen molar-refractivity contribution in [1.82, 2.24) is 0 Å². The van der Waals surface area contributed by atoms with Crippen LogP contribution in [0.25, 0.3) is 0 Å². The fraction of sp³-hybridized carbons (Fsp3) is 0.381. The van der Waals surface area contributed by atoms with Gasteiger partial charge in [0.05, 0.1) is 18.7 Å². The summed E-state index contributed by atoms with van der Waals surface area (Å²) in [4.78, 5) is 0. The summed E-state index contributed by atoms with van der Waals surface area (Å²) < 4.78 is 46.7. The molecule has 1 atom stereocenters. The molecule has 1 N–H and O–H groups in total. The molecule has 0 radical (unpaired) electrons. The molecule has 0 saturated carbocycles. The molecule has 0 heterocycles. The third kappa shape index (κ3) is 4.78. The Labute approximate surface area is 167 Å². The lowest BCUT2D eigenvalue weighted by atomic mass is 9.73. The molecule has 0 aliphatic rings. The summed E-state index contributed by atoms with van der Waals surface area (Å²) in [6.45, 7) is 3.29. The van der Waals surface area contributed by atoms with Gasteiger partial charge < -0.3 is 9.84 Å². The topological polar surface area (TPSA) is 53.2 Å². The number of hydrogen-bond acceptors (Lipinski definition) is 3. The van der Waals surface area contributed by atoms with Crippen LogP contribution in [0.15, 0.2) is 42.5 Å². The summed E-state index contributed by atoms with van der Waals surface area (Å²) >= 11 is 6.04. The van der Waals surface area contributed by atoms with Crippen molar-refractivity contribution in [2.45, 2.75) is 43.9 Å². The Bertz CT molecular complexity index is 873. The molecule has 0 aromatic heterocycles. The summed E-state index contributed by atoms with van der Waals surface area (Å²) in [6, 6.07) is 12.6. The molecule has 0 spiro atoms. The first-order chi connectivity index (χ1) is 12.9. The number of ether oxygens (including phenoxy) is 1. The lowest BCUT2D eigenvalue weighted by Crippen LogP contribution is -2.50. The SMILES string of the molecule is COc1ccc(C(C)(C)CC(O)(Cc2ccc(C#N)cc2Cl)C(F)(F)F)cc1. The second-order valence-electron chi connectivity index (χ2n) is 7.41. The summed E-state index contributed by atoms with van der Waals surface area (Å²) in [5.74, 6) is 0.593. The van der Waals surface area contributed by atoms with E-state index in [0.29, 0.717) is 11.3 Å². The van der Waals surface area contributed by atoms with Crippen molar-refractivity contribution in [3.63, 3.8) is 0 Å². The maximum Gasteiger partial charge on any atom is 0.417 e. The van der Waals surface area contributed by atoms with Gasteiger partial charge in [0.1, 0.15) is 5.75 Å². The van der Waals surface area contributed by atoms with Crippen LogP contribution in [0.1, 0.15) is 37.0 Å². The van der Waals surface area contributed by atoms with Crippen LogP contribution in [0.2, 0.25) is 5.02 Å². The van der Waals surface area contributed by atoms with Crippen LogP contribution in [0.4, 0.5) is 13.2 Å². The maximum absolute atomic E-state index is 13.9. The van der Waals surface area contributed by atoms with Gasteiger partial charge >= 0.3 is 6.18 Å². The molecule has 1 unspecified atom stereocenters. The molecule has 2 aromatic carbocycles. The number of rotatable bonds is 6. The summed E-state index contributed by atoms with van der Waals surface area (Å²) in [5.41, 5.74) is -2.96. The minimum atomic E-state index is -4.87. The van der Waals surface area contributed by atoms with E-state index in [1.165, 1.54) is 25.3 Å². The highest BCUT2D eigenvalue weighted by Crippen LogP contribution is 2.44. The zero-order valence-electron chi connectivity index (χ0n) is 15.8. The zero-order chi connectivity index (χ0) is 21.2. The Hall–Kier alpha value is -2.23. The van der Waals surface area contributed by atoms with Gasteiger partial charge in [-0.25, -0.2) is 0 Å². The Balaban J connectivity index is 2.38. The number of alkyl halides is 3. The van der Waals surface area contributed by atoms with E-state index in [-0.39, 0.29) is 16.1 Å². The van der Waals surface area contributed by atoms with E-state index in [0.717, 1.165) is 0 Å². The predicted molar refractivity (Wildman–Crippen MR) is 102 cm³/mol. The average Bonchev–Trinajstić information content (AvgIpc) is 2.62. The van der Waals surface area contributed by atoms with Gasteiger partial charge in [-0.15, -0.1) is 0 Å². The van der Waals surface area contributed by atoms with Crippen LogP contribution in [-0.4, -0.2) is 24.0 Å². The number of methoxy groups -OCH3 is 1. The molecule has 28 heavy (non-hydrogen) atoms. The van der Waals surface area contributed by atoms with Crippen LogP contribution >= 0.6 is 11.6 Å². The molecule has 150 valence electrons. The van der Waals surface area contributed by atoms with E-state index in [9.17, 15) is 18.3 Å². The number of benzene rings is 2. The molecule has 0 bridgehead atoms. The van der Waals surface area contributed by atoms with Crippen LogP contribution in [0.5, 0.6) is 5.75 Å². The van der Waals surface area contributed by atoms with Crippen molar-refractivity contribution in [3.05, 3.63) is 64.2 Å². The van der Waals surface area contributed by atoms with Crippen LogP contribution in [0, 0.1) is 11.3 Å². The molecule has 3 nitrogen and oxygen atoms in total. The van der Waals surface area contributed by atoms with Crippen LogP contribution in [-0.2, 0) is 11.8 Å². The van der Waals surface area contributed by atoms with E-state index in [1.54, 1.807) is 38.1 Å². The first kappa shape index (κ1) is 22.1. The van der Waals surface area contributed by atoms with Gasteiger partial charge in [-0.3, -0.25) is 0 Å². The molecule has 0 saturated heterocycles.